The number of anilines is 1. The first kappa shape index (κ1) is 8.69. The summed E-state index contributed by atoms with van der Waals surface area (Å²) in [5, 5.41) is 0. The van der Waals surface area contributed by atoms with Gasteiger partial charge in [0.25, 0.3) is 0 Å². The third-order valence-electron chi connectivity index (χ3n) is 2.12. The van der Waals surface area contributed by atoms with Crippen LogP contribution >= 0.6 is 0 Å². The van der Waals surface area contributed by atoms with E-state index in [0.717, 1.165) is 17.1 Å². The molecule has 0 radical (unpaired) electrons. The highest BCUT2D eigenvalue weighted by atomic mass is 16.5. The number of aromatic nitrogens is 1. The van der Waals surface area contributed by atoms with Crippen molar-refractivity contribution < 1.29 is 4.74 Å². The molecule has 0 saturated carbocycles. The molecule has 0 aliphatic rings. The second-order valence-electron chi connectivity index (χ2n) is 3.02. The molecule has 3 nitrogen and oxygen atoms in total. The second-order valence-corrected chi connectivity index (χ2v) is 3.02. The summed E-state index contributed by atoms with van der Waals surface area (Å²) in [5.41, 5.74) is 7.54. The third kappa shape index (κ3) is 1.44. The van der Waals surface area contributed by atoms with Crippen molar-refractivity contribution in [3.63, 3.8) is 0 Å². The molecule has 2 aromatic rings. The second kappa shape index (κ2) is 3.46. The fourth-order valence-corrected chi connectivity index (χ4v) is 1.37. The molecule has 0 aliphatic heterocycles. The van der Waals surface area contributed by atoms with Gasteiger partial charge < -0.3 is 15.0 Å². The van der Waals surface area contributed by atoms with Gasteiger partial charge in [-0.15, -0.1) is 0 Å². The van der Waals surface area contributed by atoms with E-state index in [4.69, 9.17) is 10.5 Å². The average molecular weight is 188 g/mol. The Morgan fingerprint density at radius 2 is 1.93 bits per heavy atom. The SMILES string of the molecule is COc1ccc(N)c(-n2cccc2)c1. The van der Waals surface area contributed by atoms with E-state index in [0.29, 0.717) is 0 Å². The van der Waals surface area contributed by atoms with Gasteiger partial charge in [0.05, 0.1) is 18.5 Å². The summed E-state index contributed by atoms with van der Waals surface area (Å²) in [6.07, 6.45) is 3.90. The maximum Gasteiger partial charge on any atom is 0.121 e. The normalized spacial score (nSPS) is 10.1. The highest BCUT2D eigenvalue weighted by Gasteiger charge is 2.02. The van der Waals surface area contributed by atoms with Crippen LogP contribution in [-0.4, -0.2) is 11.7 Å². The average Bonchev–Trinajstić information content (AvgIpc) is 2.71. The molecule has 0 spiro atoms. The molecular weight excluding hydrogens is 176 g/mol. The number of ether oxygens (including phenoxy) is 1. The van der Waals surface area contributed by atoms with Crippen LogP contribution in [0.25, 0.3) is 5.69 Å². The lowest BCUT2D eigenvalue weighted by Crippen LogP contribution is -1.97. The Labute approximate surface area is 82.7 Å². The molecule has 0 amide bonds. The van der Waals surface area contributed by atoms with Crippen LogP contribution in [0.15, 0.2) is 42.7 Å². The Bertz CT molecular complexity index is 421. The summed E-state index contributed by atoms with van der Waals surface area (Å²) >= 11 is 0. The van der Waals surface area contributed by atoms with Crippen molar-refractivity contribution in [3.05, 3.63) is 42.7 Å². The zero-order chi connectivity index (χ0) is 9.97. The van der Waals surface area contributed by atoms with E-state index in [9.17, 15) is 0 Å². The molecule has 0 aliphatic carbocycles. The minimum absolute atomic E-state index is 0.738. The number of nitrogen functional groups attached to an aromatic ring is 1. The van der Waals surface area contributed by atoms with Gasteiger partial charge in [-0.25, -0.2) is 0 Å². The number of hydrogen-bond acceptors (Lipinski definition) is 2. The molecule has 14 heavy (non-hydrogen) atoms. The van der Waals surface area contributed by atoms with E-state index < -0.39 is 0 Å². The van der Waals surface area contributed by atoms with E-state index >= 15 is 0 Å². The largest absolute Gasteiger partial charge is 0.497 e. The van der Waals surface area contributed by atoms with E-state index in [1.54, 1.807) is 7.11 Å². The van der Waals surface area contributed by atoms with Gasteiger partial charge in [-0.2, -0.15) is 0 Å². The Morgan fingerprint density at radius 3 is 2.57 bits per heavy atom. The molecule has 3 heteroatoms. The van der Waals surface area contributed by atoms with E-state index in [2.05, 4.69) is 0 Å². The van der Waals surface area contributed by atoms with Crippen LogP contribution in [0, 0.1) is 0 Å². The van der Waals surface area contributed by atoms with E-state index in [1.165, 1.54) is 0 Å². The van der Waals surface area contributed by atoms with E-state index in [-0.39, 0.29) is 0 Å². The highest BCUT2D eigenvalue weighted by molar-refractivity contribution is 5.60. The van der Waals surface area contributed by atoms with Crippen LogP contribution in [0.2, 0.25) is 0 Å². The highest BCUT2D eigenvalue weighted by Crippen LogP contribution is 2.22. The van der Waals surface area contributed by atoms with Gasteiger partial charge in [-0.3, -0.25) is 0 Å². The van der Waals surface area contributed by atoms with Gasteiger partial charge in [0, 0.05) is 18.5 Å². The standard InChI is InChI=1S/C11H12N2O/c1-14-9-4-5-10(12)11(8-9)13-6-2-3-7-13/h2-8H,12H2,1H3. The number of nitrogens with zero attached hydrogens (tertiary/aromatic N) is 1. The van der Waals surface area contributed by atoms with Crippen molar-refractivity contribution in [2.75, 3.05) is 12.8 Å². The van der Waals surface area contributed by atoms with Gasteiger partial charge in [0.1, 0.15) is 5.75 Å². The van der Waals surface area contributed by atoms with E-state index in [1.807, 2.05) is 47.3 Å². The first-order chi connectivity index (χ1) is 6.81. The Kier molecular flexibility index (Phi) is 2.14. The summed E-state index contributed by atoms with van der Waals surface area (Å²) in [7, 11) is 1.64. The smallest absolute Gasteiger partial charge is 0.121 e. The molecule has 0 fully saturated rings. The summed E-state index contributed by atoms with van der Waals surface area (Å²) in [4.78, 5) is 0. The van der Waals surface area contributed by atoms with Crippen molar-refractivity contribution in [1.82, 2.24) is 4.57 Å². The number of nitrogens with two attached hydrogens (primary N) is 1. The Balaban J connectivity index is 2.51. The minimum atomic E-state index is 0.738. The molecule has 0 bridgehead atoms. The predicted octanol–water partition coefficient (Wildman–Crippen LogP) is 2.07. The molecule has 1 aromatic heterocycles. The zero-order valence-electron chi connectivity index (χ0n) is 7.97. The van der Waals surface area contributed by atoms with Crippen LogP contribution in [0.3, 0.4) is 0 Å². The molecule has 1 aromatic carbocycles. The molecular formula is C11H12N2O. The Hall–Kier alpha value is -1.90. The molecule has 1 heterocycles. The van der Waals surface area contributed by atoms with Crippen molar-refractivity contribution in [2.45, 2.75) is 0 Å². The third-order valence-corrected chi connectivity index (χ3v) is 2.12. The topological polar surface area (TPSA) is 40.2 Å². The fraction of sp³-hybridized carbons (Fsp3) is 0.0909. The fourth-order valence-electron chi connectivity index (χ4n) is 1.37. The Morgan fingerprint density at radius 1 is 1.21 bits per heavy atom. The maximum absolute atomic E-state index is 5.86. The molecule has 2 rings (SSSR count). The lowest BCUT2D eigenvalue weighted by molar-refractivity contribution is 0.414. The summed E-state index contributed by atoms with van der Waals surface area (Å²) < 4.78 is 7.10. The van der Waals surface area contributed by atoms with Crippen LogP contribution in [0.1, 0.15) is 0 Å². The van der Waals surface area contributed by atoms with Crippen molar-refractivity contribution in [3.8, 4) is 11.4 Å². The monoisotopic (exact) mass is 188 g/mol. The molecule has 72 valence electrons. The van der Waals surface area contributed by atoms with Gasteiger partial charge >= 0.3 is 0 Å². The summed E-state index contributed by atoms with van der Waals surface area (Å²) in [5.74, 6) is 0.808. The molecule has 0 unspecified atom stereocenters. The van der Waals surface area contributed by atoms with Crippen molar-refractivity contribution >= 4 is 5.69 Å². The number of methoxy groups -OCH3 is 1. The van der Waals surface area contributed by atoms with Crippen LogP contribution in [0.5, 0.6) is 5.75 Å². The van der Waals surface area contributed by atoms with Crippen molar-refractivity contribution in [1.29, 1.82) is 0 Å². The predicted molar refractivity (Wildman–Crippen MR) is 56.7 cm³/mol. The lowest BCUT2D eigenvalue weighted by atomic mass is 10.2. The van der Waals surface area contributed by atoms with Crippen LogP contribution < -0.4 is 10.5 Å². The summed E-state index contributed by atoms with van der Waals surface area (Å²) in [6.45, 7) is 0. The van der Waals surface area contributed by atoms with Gasteiger partial charge in [0.2, 0.25) is 0 Å². The maximum atomic E-state index is 5.86. The van der Waals surface area contributed by atoms with Crippen molar-refractivity contribution in [2.24, 2.45) is 0 Å². The van der Waals surface area contributed by atoms with Crippen LogP contribution in [-0.2, 0) is 0 Å². The number of benzene rings is 1. The first-order valence-corrected chi connectivity index (χ1v) is 4.38. The quantitative estimate of drug-likeness (QED) is 0.733. The first-order valence-electron chi connectivity index (χ1n) is 4.38. The van der Waals surface area contributed by atoms with Gasteiger partial charge in [-0.05, 0) is 24.3 Å². The molecule has 0 saturated heterocycles. The van der Waals surface area contributed by atoms with Crippen LogP contribution in [0.4, 0.5) is 5.69 Å². The number of hydrogen-bond donors (Lipinski definition) is 1. The van der Waals surface area contributed by atoms with Gasteiger partial charge in [-0.1, -0.05) is 0 Å². The lowest BCUT2D eigenvalue weighted by Gasteiger charge is -2.08. The zero-order valence-corrected chi connectivity index (χ0v) is 7.97. The molecule has 0 atom stereocenters. The number of rotatable bonds is 2. The molecule has 2 N–H and O–H groups in total. The van der Waals surface area contributed by atoms with Gasteiger partial charge in [0.15, 0.2) is 0 Å². The minimum Gasteiger partial charge on any atom is -0.497 e. The summed E-state index contributed by atoms with van der Waals surface area (Å²) in [6, 6.07) is 9.52.